The number of sulfone groups is 1. The van der Waals surface area contributed by atoms with E-state index in [1.807, 2.05) is 0 Å². The third-order valence-electron chi connectivity index (χ3n) is 4.06. The number of hydrogen-bond donors (Lipinski definition) is 2. The predicted molar refractivity (Wildman–Crippen MR) is 102 cm³/mol. The van der Waals surface area contributed by atoms with Gasteiger partial charge in [-0.1, -0.05) is 6.92 Å². The minimum atomic E-state index is -4.88. The molecule has 0 saturated carbocycles. The summed E-state index contributed by atoms with van der Waals surface area (Å²) in [5, 5.41) is 2.90. The van der Waals surface area contributed by atoms with E-state index in [0.717, 1.165) is 30.3 Å². The first-order valence-corrected chi connectivity index (χ1v) is 11.7. The van der Waals surface area contributed by atoms with E-state index in [-0.39, 0.29) is 34.4 Å². The van der Waals surface area contributed by atoms with Gasteiger partial charge in [-0.25, -0.2) is 16.8 Å². The molecular formula is C17H17F3N2O6S2. The molecule has 0 amide bonds. The summed E-state index contributed by atoms with van der Waals surface area (Å²) in [6, 6.07) is 6.34. The van der Waals surface area contributed by atoms with Crippen molar-refractivity contribution < 1.29 is 39.5 Å². The molecule has 0 radical (unpaired) electrons. The van der Waals surface area contributed by atoms with Crippen LogP contribution in [0.25, 0.3) is 0 Å². The summed E-state index contributed by atoms with van der Waals surface area (Å²) < 4.78 is 98.6. The summed E-state index contributed by atoms with van der Waals surface area (Å²) in [7, 11) is -8.06. The SMILES string of the molecule is CCS(=O)(=O)c1cc2c(c(S(=O)(=O)Nc3ccc(OC(F)(F)F)cc3)c1)OCCN2. The molecule has 0 saturated heterocycles. The minimum absolute atomic E-state index is 0.0409. The topological polar surface area (TPSA) is 111 Å². The summed E-state index contributed by atoms with van der Waals surface area (Å²) in [5.74, 6) is -0.799. The van der Waals surface area contributed by atoms with Gasteiger partial charge in [-0.05, 0) is 36.4 Å². The lowest BCUT2D eigenvalue weighted by molar-refractivity contribution is -0.274. The summed E-state index contributed by atoms with van der Waals surface area (Å²) in [6.07, 6.45) is -4.88. The molecule has 0 aromatic heterocycles. The van der Waals surface area contributed by atoms with Crippen LogP contribution in [-0.4, -0.2) is 42.1 Å². The molecule has 0 unspecified atom stereocenters. The number of benzene rings is 2. The molecule has 0 spiro atoms. The molecule has 2 aromatic carbocycles. The van der Waals surface area contributed by atoms with E-state index >= 15 is 0 Å². The molecule has 2 aromatic rings. The van der Waals surface area contributed by atoms with Crippen molar-refractivity contribution >= 4 is 31.2 Å². The minimum Gasteiger partial charge on any atom is -0.488 e. The van der Waals surface area contributed by atoms with E-state index in [9.17, 15) is 30.0 Å². The Morgan fingerprint density at radius 3 is 2.40 bits per heavy atom. The van der Waals surface area contributed by atoms with Crippen molar-refractivity contribution in [3.05, 3.63) is 36.4 Å². The van der Waals surface area contributed by atoms with Gasteiger partial charge in [0.1, 0.15) is 17.3 Å². The smallest absolute Gasteiger partial charge is 0.488 e. The third kappa shape index (κ3) is 4.90. The molecule has 1 aliphatic heterocycles. The van der Waals surface area contributed by atoms with Crippen LogP contribution in [-0.2, 0) is 19.9 Å². The molecule has 164 valence electrons. The number of fused-ring (bicyclic) bond motifs is 1. The lowest BCUT2D eigenvalue weighted by atomic mass is 10.2. The lowest BCUT2D eigenvalue weighted by Crippen LogP contribution is -2.23. The molecule has 8 nitrogen and oxygen atoms in total. The number of ether oxygens (including phenoxy) is 2. The van der Waals surface area contributed by atoms with Crippen LogP contribution in [0.4, 0.5) is 24.5 Å². The first-order chi connectivity index (χ1) is 13.9. The van der Waals surface area contributed by atoms with E-state index < -0.39 is 36.9 Å². The van der Waals surface area contributed by atoms with Gasteiger partial charge in [0, 0.05) is 12.2 Å². The zero-order chi connectivity index (χ0) is 22.2. The Kier molecular flexibility index (Phi) is 5.78. The molecule has 3 rings (SSSR count). The molecule has 1 heterocycles. The third-order valence-corrected chi connectivity index (χ3v) is 7.16. The van der Waals surface area contributed by atoms with Crippen molar-refractivity contribution in [3.63, 3.8) is 0 Å². The Hall–Kier alpha value is -2.67. The standard InChI is InChI=1S/C17H17F3N2O6S2/c1-2-29(23,24)13-9-14-16(27-8-7-21-14)15(10-13)30(25,26)22-11-3-5-12(6-4-11)28-17(18,19)20/h3-6,9-10,21-22H,2,7-8H2,1H3. The molecule has 13 heteroatoms. The van der Waals surface area contributed by atoms with Crippen LogP contribution in [0.1, 0.15) is 6.92 Å². The van der Waals surface area contributed by atoms with Crippen molar-refractivity contribution in [1.29, 1.82) is 0 Å². The summed E-state index contributed by atoms with van der Waals surface area (Å²) >= 11 is 0. The lowest BCUT2D eigenvalue weighted by Gasteiger charge is -2.23. The second kappa shape index (κ2) is 7.87. The van der Waals surface area contributed by atoms with Gasteiger partial charge in [0.15, 0.2) is 15.6 Å². The average Bonchev–Trinajstić information content (AvgIpc) is 2.67. The average molecular weight is 466 g/mol. The van der Waals surface area contributed by atoms with Crippen LogP contribution >= 0.6 is 0 Å². The second-order valence-corrected chi connectivity index (χ2v) is 10.1. The van der Waals surface area contributed by atoms with E-state index in [4.69, 9.17) is 4.74 Å². The highest BCUT2D eigenvalue weighted by atomic mass is 32.2. The second-order valence-electron chi connectivity index (χ2n) is 6.15. The Bertz CT molecular complexity index is 1150. The number of anilines is 2. The van der Waals surface area contributed by atoms with Crippen molar-refractivity contribution in [3.8, 4) is 11.5 Å². The number of alkyl halides is 3. The van der Waals surface area contributed by atoms with Gasteiger partial charge in [-0.15, -0.1) is 13.2 Å². The van der Waals surface area contributed by atoms with Gasteiger partial charge in [0.2, 0.25) is 0 Å². The quantitative estimate of drug-likeness (QED) is 0.673. The molecule has 30 heavy (non-hydrogen) atoms. The van der Waals surface area contributed by atoms with Gasteiger partial charge in [0.25, 0.3) is 10.0 Å². The number of rotatable bonds is 6. The van der Waals surface area contributed by atoms with Crippen LogP contribution in [0.15, 0.2) is 46.2 Å². The van der Waals surface area contributed by atoms with Gasteiger partial charge in [-0.2, -0.15) is 0 Å². The summed E-state index contributed by atoms with van der Waals surface area (Å²) in [5.41, 5.74) is 0.163. The van der Waals surface area contributed by atoms with E-state index in [0.29, 0.717) is 6.54 Å². The molecule has 0 bridgehead atoms. The van der Waals surface area contributed by atoms with Crippen LogP contribution in [0, 0.1) is 0 Å². The summed E-state index contributed by atoms with van der Waals surface area (Å²) in [6.45, 7) is 1.95. The van der Waals surface area contributed by atoms with E-state index in [1.54, 1.807) is 0 Å². The van der Waals surface area contributed by atoms with Crippen molar-refractivity contribution in [2.24, 2.45) is 0 Å². The van der Waals surface area contributed by atoms with E-state index in [2.05, 4.69) is 14.8 Å². The Labute approximate surface area is 171 Å². The van der Waals surface area contributed by atoms with Crippen LogP contribution in [0.5, 0.6) is 11.5 Å². The molecular weight excluding hydrogens is 449 g/mol. The Balaban J connectivity index is 1.98. The monoisotopic (exact) mass is 466 g/mol. The Morgan fingerprint density at radius 2 is 1.80 bits per heavy atom. The number of halogens is 3. The number of sulfonamides is 1. The van der Waals surface area contributed by atoms with Crippen LogP contribution in [0.3, 0.4) is 0 Å². The number of hydrogen-bond acceptors (Lipinski definition) is 7. The maximum Gasteiger partial charge on any atom is 0.573 e. The van der Waals surface area contributed by atoms with Crippen LogP contribution < -0.4 is 19.5 Å². The molecule has 0 atom stereocenters. The van der Waals surface area contributed by atoms with E-state index in [1.165, 1.54) is 13.0 Å². The fourth-order valence-electron chi connectivity index (χ4n) is 2.68. The fourth-order valence-corrected chi connectivity index (χ4v) is 4.93. The van der Waals surface area contributed by atoms with Crippen molar-refractivity contribution in [2.45, 2.75) is 23.1 Å². The zero-order valence-electron chi connectivity index (χ0n) is 15.5. The molecule has 0 aliphatic carbocycles. The van der Waals surface area contributed by atoms with Crippen molar-refractivity contribution in [1.82, 2.24) is 0 Å². The normalized spacial score (nSPS) is 14.3. The van der Waals surface area contributed by atoms with Crippen molar-refractivity contribution in [2.75, 3.05) is 28.9 Å². The molecule has 2 N–H and O–H groups in total. The highest BCUT2D eigenvalue weighted by Crippen LogP contribution is 2.38. The van der Waals surface area contributed by atoms with Gasteiger partial charge < -0.3 is 14.8 Å². The van der Waals surface area contributed by atoms with Gasteiger partial charge in [0.05, 0.1) is 16.3 Å². The first-order valence-electron chi connectivity index (χ1n) is 8.57. The highest BCUT2D eigenvalue weighted by Gasteiger charge is 2.31. The Morgan fingerprint density at radius 1 is 1.13 bits per heavy atom. The molecule has 1 aliphatic rings. The zero-order valence-corrected chi connectivity index (χ0v) is 17.1. The maximum atomic E-state index is 12.9. The highest BCUT2D eigenvalue weighted by molar-refractivity contribution is 7.93. The van der Waals surface area contributed by atoms with Gasteiger partial charge in [-0.3, -0.25) is 4.72 Å². The predicted octanol–water partition coefficient (Wildman–Crippen LogP) is 2.98. The first kappa shape index (κ1) is 22.0. The summed E-state index contributed by atoms with van der Waals surface area (Å²) in [4.78, 5) is -0.606. The largest absolute Gasteiger partial charge is 0.573 e. The number of nitrogens with one attached hydrogen (secondary N) is 2. The van der Waals surface area contributed by atoms with Crippen LogP contribution in [0.2, 0.25) is 0 Å². The fraction of sp³-hybridized carbons (Fsp3) is 0.294. The molecule has 0 fully saturated rings. The maximum absolute atomic E-state index is 12.9. The van der Waals surface area contributed by atoms with Gasteiger partial charge >= 0.3 is 6.36 Å².